The topological polar surface area (TPSA) is 90.4 Å². The first kappa shape index (κ1) is 17.8. The zero-order chi connectivity index (χ0) is 19.8. The number of ether oxygens (including phenoxy) is 1. The number of amides is 1. The molecule has 1 amide bonds. The number of nitrogens with one attached hydrogen (secondary N) is 1. The molecule has 0 unspecified atom stereocenters. The lowest BCUT2D eigenvalue weighted by atomic mass is 10.1. The predicted octanol–water partition coefficient (Wildman–Crippen LogP) is 4.73. The van der Waals surface area contributed by atoms with Crippen molar-refractivity contribution in [3.8, 4) is 28.8 Å². The molecule has 1 N–H and O–H groups in total. The third kappa shape index (κ3) is 3.11. The molecule has 7 heteroatoms. The molecule has 7 nitrogen and oxygen atoms in total. The van der Waals surface area contributed by atoms with E-state index in [-0.39, 0.29) is 5.91 Å². The van der Waals surface area contributed by atoms with Crippen molar-refractivity contribution in [2.24, 2.45) is 0 Å². The molecule has 0 radical (unpaired) electrons. The molecule has 2 aromatic heterocycles. The average molecular weight is 377 g/mol. The first-order valence-corrected chi connectivity index (χ1v) is 8.76. The van der Waals surface area contributed by atoms with Crippen LogP contribution in [-0.2, 0) is 4.79 Å². The smallest absolute Gasteiger partial charge is 0.258 e. The van der Waals surface area contributed by atoms with Crippen LogP contribution in [0, 0.1) is 13.8 Å². The summed E-state index contributed by atoms with van der Waals surface area (Å²) in [6.45, 7) is 5.33. The molecular formula is C21H19N3O4. The number of rotatable bonds is 4. The Bertz CT molecular complexity index is 1190. The number of methoxy groups -OCH3 is 1. The SMILES string of the molecule is COc1ccc2oc(-c3noc(-c4ccc(C)c(NC(C)=O)c4)n3)c(C)c2c1. The molecule has 0 aliphatic heterocycles. The Kier molecular flexibility index (Phi) is 4.35. The fourth-order valence-corrected chi connectivity index (χ4v) is 3.05. The van der Waals surface area contributed by atoms with Crippen molar-refractivity contribution in [3.63, 3.8) is 0 Å². The largest absolute Gasteiger partial charge is 0.497 e. The molecule has 2 aromatic carbocycles. The number of fused-ring (bicyclic) bond motifs is 1. The lowest BCUT2D eigenvalue weighted by Crippen LogP contribution is -2.07. The van der Waals surface area contributed by atoms with Crippen LogP contribution in [0.4, 0.5) is 5.69 Å². The van der Waals surface area contributed by atoms with Crippen molar-refractivity contribution in [2.75, 3.05) is 12.4 Å². The summed E-state index contributed by atoms with van der Waals surface area (Å²) in [6.07, 6.45) is 0. The Hall–Kier alpha value is -3.61. The van der Waals surface area contributed by atoms with Gasteiger partial charge in [0.05, 0.1) is 7.11 Å². The molecular weight excluding hydrogens is 358 g/mol. The summed E-state index contributed by atoms with van der Waals surface area (Å²) in [5.74, 6) is 1.87. The lowest BCUT2D eigenvalue weighted by molar-refractivity contribution is -0.114. The molecule has 142 valence electrons. The third-order valence-electron chi connectivity index (χ3n) is 4.57. The van der Waals surface area contributed by atoms with Crippen LogP contribution < -0.4 is 10.1 Å². The van der Waals surface area contributed by atoms with E-state index in [4.69, 9.17) is 13.7 Å². The standard InChI is InChI=1S/C21H19N3O4/c1-11-5-6-14(9-17(11)22-13(3)25)21-23-20(24-28-21)19-12(2)16-10-15(26-4)7-8-18(16)27-19/h5-10H,1-4H3,(H,22,25). The van der Waals surface area contributed by atoms with Crippen LogP contribution in [0.25, 0.3) is 34.0 Å². The minimum Gasteiger partial charge on any atom is -0.497 e. The van der Waals surface area contributed by atoms with Gasteiger partial charge in [-0.25, -0.2) is 0 Å². The highest BCUT2D eigenvalue weighted by Crippen LogP contribution is 2.34. The van der Waals surface area contributed by atoms with Crippen molar-refractivity contribution < 1.29 is 18.5 Å². The molecule has 0 atom stereocenters. The summed E-state index contributed by atoms with van der Waals surface area (Å²) < 4.78 is 16.7. The van der Waals surface area contributed by atoms with Gasteiger partial charge in [0.2, 0.25) is 11.7 Å². The quantitative estimate of drug-likeness (QED) is 0.553. The van der Waals surface area contributed by atoms with Gasteiger partial charge in [0.25, 0.3) is 5.89 Å². The fourth-order valence-electron chi connectivity index (χ4n) is 3.05. The Morgan fingerprint density at radius 2 is 1.96 bits per heavy atom. The van der Waals surface area contributed by atoms with Gasteiger partial charge in [-0.1, -0.05) is 11.2 Å². The second-order valence-electron chi connectivity index (χ2n) is 6.55. The van der Waals surface area contributed by atoms with Crippen LogP contribution >= 0.6 is 0 Å². The zero-order valence-electron chi connectivity index (χ0n) is 16.0. The van der Waals surface area contributed by atoms with Gasteiger partial charge in [-0.05, 0) is 49.7 Å². The summed E-state index contributed by atoms with van der Waals surface area (Å²) in [5, 5.41) is 7.81. The van der Waals surface area contributed by atoms with Gasteiger partial charge in [-0.2, -0.15) is 4.98 Å². The van der Waals surface area contributed by atoms with Crippen molar-refractivity contribution in [3.05, 3.63) is 47.5 Å². The van der Waals surface area contributed by atoms with Crippen LogP contribution in [0.5, 0.6) is 5.75 Å². The molecule has 0 saturated heterocycles. The van der Waals surface area contributed by atoms with Crippen molar-refractivity contribution >= 4 is 22.6 Å². The molecule has 0 aliphatic carbocycles. The molecule has 4 aromatic rings. The number of hydrogen-bond donors (Lipinski definition) is 1. The van der Waals surface area contributed by atoms with E-state index in [2.05, 4.69) is 15.5 Å². The Labute approximate surface area is 161 Å². The maximum absolute atomic E-state index is 11.4. The number of anilines is 1. The Balaban J connectivity index is 1.73. The minimum absolute atomic E-state index is 0.139. The molecule has 0 aliphatic rings. The van der Waals surface area contributed by atoms with Gasteiger partial charge in [0, 0.05) is 29.1 Å². The van der Waals surface area contributed by atoms with Crippen LogP contribution in [0.2, 0.25) is 0 Å². The van der Waals surface area contributed by atoms with E-state index in [0.29, 0.717) is 28.7 Å². The van der Waals surface area contributed by atoms with E-state index in [1.165, 1.54) is 6.92 Å². The Morgan fingerprint density at radius 3 is 2.71 bits per heavy atom. The van der Waals surface area contributed by atoms with Gasteiger partial charge < -0.3 is 19.0 Å². The van der Waals surface area contributed by atoms with Crippen molar-refractivity contribution in [1.29, 1.82) is 0 Å². The highest BCUT2D eigenvalue weighted by Gasteiger charge is 2.19. The van der Waals surface area contributed by atoms with Gasteiger partial charge in [-0.3, -0.25) is 4.79 Å². The monoisotopic (exact) mass is 377 g/mol. The van der Waals surface area contributed by atoms with E-state index in [0.717, 1.165) is 27.8 Å². The lowest BCUT2D eigenvalue weighted by Gasteiger charge is -2.07. The second kappa shape index (κ2) is 6.84. The molecule has 28 heavy (non-hydrogen) atoms. The van der Waals surface area contributed by atoms with Crippen LogP contribution in [0.15, 0.2) is 45.3 Å². The molecule has 0 spiro atoms. The van der Waals surface area contributed by atoms with Gasteiger partial charge in [0.15, 0.2) is 5.76 Å². The van der Waals surface area contributed by atoms with Crippen LogP contribution in [0.3, 0.4) is 0 Å². The van der Waals surface area contributed by atoms with Crippen molar-refractivity contribution in [2.45, 2.75) is 20.8 Å². The number of carbonyl (C=O) groups excluding carboxylic acids is 1. The Morgan fingerprint density at radius 1 is 1.14 bits per heavy atom. The predicted molar refractivity (Wildman–Crippen MR) is 105 cm³/mol. The van der Waals surface area contributed by atoms with E-state index in [1.807, 2.05) is 50.2 Å². The van der Waals surface area contributed by atoms with Crippen LogP contribution in [0.1, 0.15) is 18.1 Å². The number of nitrogens with zero attached hydrogens (tertiary/aromatic N) is 2. The number of aromatic nitrogens is 2. The highest BCUT2D eigenvalue weighted by molar-refractivity contribution is 5.90. The minimum atomic E-state index is -0.139. The molecule has 0 fully saturated rings. The van der Waals surface area contributed by atoms with Gasteiger partial charge in [-0.15, -0.1) is 0 Å². The van der Waals surface area contributed by atoms with Gasteiger partial charge >= 0.3 is 0 Å². The second-order valence-corrected chi connectivity index (χ2v) is 6.55. The molecule has 4 rings (SSSR count). The maximum atomic E-state index is 11.4. The summed E-state index contributed by atoms with van der Waals surface area (Å²) in [7, 11) is 1.62. The first-order valence-electron chi connectivity index (χ1n) is 8.76. The first-order chi connectivity index (χ1) is 13.5. The molecule has 2 heterocycles. The normalized spacial score (nSPS) is 11.0. The zero-order valence-corrected chi connectivity index (χ0v) is 16.0. The average Bonchev–Trinajstić information content (AvgIpc) is 3.28. The van der Waals surface area contributed by atoms with E-state index in [9.17, 15) is 4.79 Å². The highest BCUT2D eigenvalue weighted by atomic mass is 16.5. The van der Waals surface area contributed by atoms with E-state index < -0.39 is 0 Å². The van der Waals surface area contributed by atoms with Crippen LogP contribution in [-0.4, -0.2) is 23.2 Å². The van der Waals surface area contributed by atoms with E-state index in [1.54, 1.807) is 7.11 Å². The summed E-state index contributed by atoms with van der Waals surface area (Å²) in [4.78, 5) is 15.9. The summed E-state index contributed by atoms with van der Waals surface area (Å²) in [5.41, 5.74) is 3.99. The number of aryl methyl sites for hydroxylation is 2. The number of furan rings is 1. The fraction of sp³-hybridized carbons (Fsp3) is 0.190. The van der Waals surface area contributed by atoms with Crippen molar-refractivity contribution in [1.82, 2.24) is 10.1 Å². The summed E-state index contributed by atoms with van der Waals surface area (Å²) >= 11 is 0. The molecule has 0 saturated carbocycles. The van der Waals surface area contributed by atoms with E-state index >= 15 is 0 Å². The number of carbonyl (C=O) groups is 1. The number of benzene rings is 2. The third-order valence-corrected chi connectivity index (χ3v) is 4.57. The van der Waals surface area contributed by atoms with Gasteiger partial charge in [0.1, 0.15) is 11.3 Å². The summed E-state index contributed by atoms with van der Waals surface area (Å²) in [6, 6.07) is 11.2. The molecule has 0 bridgehead atoms. The number of hydrogen-bond acceptors (Lipinski definition) is 6. The maximum Gasteiger partial charge on any atom is 0.258 e.